The van der Waals surface area contributed by atoms with Gasteiger partial charge in [-0.25, -0.2) is 4.98 Å². The Morgan fingerprint density at radius 3 is 2.33 bits per heavy atom. The minimum atomic E-state index is 0.473. The highest BCUT2D eigenvalue weighted by Gasteiger charge is 2.16. The molecule has 0 N–H and O–H groups in total. The Labute approximate surface area is 159 Å². The predicted octanol–water partition coefficient (Wildman–Crippen LogP) is 5.38. The molecule has 0 bridgehead atoms. The van der Waals surface area contributed by atoms with Crippen molar-refractivity contribution >= 4 is 22.1 Å². The summed E-state index contributed by atoms with van der Waals surface area (Å²) in [6.07, 6.45) is 5.04. The zero-order valence-electron chi connectivity index (χ0n) is 14.5. The quantitative estimate of drug-likeness (QED) is 0.426. The molecular weight excluding hydrogens is 356 g/mol. The van der Waals surface area contributed by atoms with Gasteiger partial charge in [-0.05, 0) is 30.7 Å². The molecule has 0 saturated heterocycles. The number of pyridine rings is 1. The molecule has 5 aromatic rings. The maximum Gasteiger partial charge on any atom is 0.247 e. The van der Waals surface area contributed by atoms with E-state index in [9.17, 15) is 0 Å². The van der Waals surface area contributed by atoms with Crippen molar-refractivity contribution < 1.29 is 4.42 Å². The third kappa shape index (κ3) is 2.80. The van der Waals surface area contributed by atoms with Crippen molar-refractivity contribution in [3.8, 4) is 32.7 Å². The summed E-state index contributed by atoms with van der Waals surface area (Å²) in [5, 5.41) is 10.9. The molecule has 0 fully saturated rings. The molecule has 0 saturated carbocycles. The molecule has 130 valence electrons. The van der Waals surface area contributed by atoms with Crippen LogP contribution >= 0.6 is 11.3 Å². The molecule has 0 amide bonds. The number of aromatic nitrogens is 4. The van der Waals surface area contributed by atoms with E-state index in [0.29, 0.717) is 11.6 Å². The SMILES string of the molecule is Cc1ccc(-c2ccc(-c3nnc(-c4ncco4)c4ccccc34)s2)nc1. The summed E-state index contributed by atoms with van der Waals surface area (Å²) in [4.78, 5) is 10.9. The van der Waals surface area contributed by atoms with Crippen LogP contribution in [-0.4, -0.2) is 20.2 Å². The second kappa shape index (κ2) is 6.41. The second-order valence-corrected chi connectivity index (χ2v) is 7.25. The molecule has 5 nitrogen and oxygen atoms in total. The van der Waals surface area contributed by atoms with Gasteiger partial charge in [-0.15, -0.1) is 21.5 Å². The standard InChI is InChI=1S/C21H14N4OS/c1-13-6-7-16(23-12-13)17-8-9-18(27-17)19-14-4-2-3-5-15(14)20(25-24-19)21-22-10-11-26-21/h2-12H,1H3. The van der Waals surface area contributed by atoms with Crippen molar-refractivity contribution in [2.24, 2.45) is 0 Å². The van der Waals surface area contributed by atoms with Crippen LogP contribution in [0.25, 0.3) is 43.5 Å². The Hall–Kier alpha value is -3.38. The average Bonchev–Trinajstić information content (AvgIpc) is 3.40. The molecule has 4 heterocycles. The summed E-state index contributed by atoms with van der Waals surface area (Å²) in [7, 11) is 0. The van der Waals surface area contributed by atoms with Crippen molar-refractivity contribution in [1.82, 2.24) is 20.2 Å². The Morgan fingerprint density at radius 1 is 0.815 bits per heavy atom. The van der Waals surface area contributed by atoms with Crippen LogP contribution in [0.3, 0.4) is 0 Å². The number of benzene rings is 1. The summed E-state index contributed by atoms with van der Waals surface area (Å²) in [5.74, 6) is 0.473. The molecule has 4 aromatic heterocycles. The molecule has 6 heteroatoms. The number of hydrogen-bond acceptors (Lipinski definition) is 6. The normalized spacial score (nSPS) is 11.1. The van der Waals surface area contributed by atoms with Crippen LogP contribution in [-0.2, 0) is 0 Å². The van der Waals surface area contributed by atoms with Gasteiger partial charge >= 0.3 is 0 Å². The third-order valence-electron chi connectivity index (χ3n) is 4.33. The molecule has 0 aliphatic heterocycles. The number of nitrogens with zero attached hydrogens (tertiary/aromatic N) is 4. The van der Waals surface area contributed by atoms with E-state index in [1.807, 2.05) is 37.4 Å². The minimum absolute atomic E-state index is 0.473. The van der Waals surface area contributed by atoms with Gasteiger partial charge in [0, 0.05) is 17.0 Å². The van der Waals surface area contributed by atoms with Crippen molar-refractivity contribution in [1.29, 1.82) is 0 Å². The summed E-state index contributed by atoms with van der Waals surface area (Å²) < 4.78 is 5.43. The summed E-state index contributed by atoms with van der Waals surface area (Å²) in [5.41, 5.74) is 3.61. The van der Waals surface area contributed by atoms with E-state index in [1.54, 1.807) is 23.8 Å². The van der Waals surface area contributed by atoms with Crippen molar-refractivity contribution in [3.63, 3.8) is 0 Å². The van der Waals surface area contributed by atoms with Crippen molar-refractivity contribution in [2.75, 3.05) is 0 Å². The molecule has 0 atom stereocenters. The van der Waals surface area contributed by atoms with Gasteiger partial charge in [0.2, 0.25) is 5.89 Å². The van der Waals surface area contributed by atoms with Gasteiger partial charge in [0.15, 0.2) is 5.69 Å². The summed E-state index contributed by atoms with van der Waals surface area (Å²) >= 11 is 1.66. The number of oxazole rings is 1. The highest BCUT2D eigenvalue weighted by atomic mass is 32.1. The minimum Gasteiger partial charge on any atom is -0.443 e. The fraction of sp³-hybridized carbons (Fsp3) is 0.0476. The third-order valence-corrected chi connectivity index (χ3v) is 5.44. The van der Waals surface area contributed by atoms with Gasteiger partial charge in [0.1, 0.15) is 12.0 Å². The Morgan fingerprint density at radius 2 is 1.59 bits per heavy atom. The molecule has 27 heavy (non-hydrogen) atoms. The highest BCUT2D eigenvalue weighted by Crippen LogP contribution is 2.37. The van der Waals surface area contributed by atoms with E-state index in [-0.39, 0.29) is 0 Å². The van der Waals surface area contributed by atoms with E-state index < -0.39 is 0 Å². The molecular formula is C21H14N4OS. The van der Waals surface area contributed by atoms with Crippen LogP contribution in [0, 0.1) is 6.92 Å². The Bertz CT molecular complexity index is 1230. The lowest BCUT2D eigenvalue weighted by Crippen LogP contribution is -1.93. The lowest BCUT2D eigenvalue weighted by molar-refractivity contribution is 0.572. The molecule has 1 aromatic carbocycles. The van der Waals surface area contributed by atoms with Crippen molar-refractivity contribution in [2.45, 2.75) is 6.92 Å². The first kappa shape index (κ1) is 15.8. The van der Waals surface area contributed by atoms with E-state index >= 15 is 0 Å². The Kier molecular flexibility index (Phi) is 3.76. The van der Waals surface area contributed by atoms with Crippen LogP contribution in [0.2, 0.25) is 0 Å². The van der Waals surface area contributed by atoms with Crippen LogP contribution in [0.1, 0.15) is 5.56 Å². The lowest BCUT2D eigenvalue weighted by Gasteiger charge is -2.06. The first-order valence-electron chi connectivity index (χ1n) is 8.48. The monoisotopic (exact) mass is 370 g/mol. The zero-order chi connectivity index (χ0) is 18.2. The van der Waals surface area contributed by atoms with Gasteiger partial charge in [-0.2, -0.15) is 0 Å². The number of hydrogen-bond donors (Lipinski definition) is 0. The zero-order valence-corrected chi connectivity index (χ0v) is 15.3. The first-order valence-corrected chi connectivity index (χ1v) is 9.30. The van der Waals surface area contributed by atoms with E-state index in [1.165, 1.54) is 0 Å². The largest absolute Gasteiger partial charge is 0.443 e. The highest BCUT2D eigenvalue weighted by molar-refractivity contribution is 7.18. The predicted molar refractivity (Wildman–Crippen MR) is 106 cm³/mol. The molecule has 0 radical (unpaired) electrons. The number of fused-ring (bicyclic) bond motifs is 1. The molecule has 5 rings (SSSR count). The smallest absolute Gasteiger partial charge is 0.247 e. The van der Waals surface area contributed by atoms with Gasteiger partial charge in [-0.1, -0.05) is 30.3 Å². The topological polar surface area (TPSA) is 64.7 Å². The van der Waals surface area contributed by atoms with Gasteiger partial charge in [0.05, 0.1) is 21.6 Å². The fourth-order valence-corrected chi connectivity index (χ4v) is 3.98. The van der Waals surface area contributed by atoms with Gasteiger partial charge in [0.25, 0.3) is 0 Å². The van der Waals surface area contributed by atoms with Crippen LogP contribution in [0.4, 0.5) is 0 Å². The van der Waals surface area contributed by atoms with Crippen LogP contribution < -0.4 is 0 Å². The maximum absolute atomic E-state index is 5.43. The molecule has 0 aliphatic carbocycles. The molecule has 0 unspecified atom stereocenters. The molecule has 0 aliphatic rings. The fourth-order valence-electron chi connectivity index (χ4n) is 3.00. The Balaban J connectivity index is 1.64. The summed E-state index contributed by atoms with van der Waals surface area (Å²) in [6, 6.07) is 16.3. The number of thiophene rings is 1. The van der Waals surface area contributed by atoms with Crippen LogP contribution in [0.15, 0.2) is 71.6 Å². The molecule has 0 spiro atoms. The number of rotatable bonds is 3. The van der Waals surface area contributed by atoms with Gasteiger partial charge < -0.3 is 4.42 Å². The van der Waals surface area contributed by atoms with Gasteiger partial charge in [-0.3, -0.25) is 4.98 Å². The lowest BCUT2D eigenvalue weighted by atomic mass is 10.1. The number of aryl methyl sites for hydroxylation is 1. The van der Waals surface area contributed by atoms with E-state index in [2.05, 4.69) is 44.4 Å². The first-order chi connectivity index (χ1) is 13.3. The van der Waals surface area contributed by atoms with Crippen LogP contribution in [0.5, 0.6) is 0 Å². The average molecular weight is 370 g/mol. The maximum atomic E-state index is 5.43. The van der Waals surface area contributed by atoms with Crippen molar-refractivity contribution in [3.05, 3.63) is 72.8 Å². The summed E-state index contributed by atoms with van der Waals surface area (Å²) in [6.45, 7) is 2.04. The van der Waals surface area contributed by atoms with E-state index in [0.717, 1.165) is 37.5 Å². The second-order valence-electron chi connectivity index (χ2n) is 6.16. The van der Waals surface area contributed by atoms with E-state index in [4.69, 9.17) is 4.42 Å².